The van der Waals surface area contributed by atoms with Crippen molar-refractivity contribution in [3.63, 3.8) is 0 Å². The molecule has 0 aromatic carbocycles. The molecule has 0 saturated heterocycles. The molecule has 0 bridgehead atoms. The molecule has 0 saturated carbocycles. The Morgan fingerprint density at radius 1 is 0.864 bits per heavy atom. The van der Waals surface area contributed by atoms with Gasteiger partial charge >= 0.3 is 0 Å². The van der Waals surface area contributed by atoms with E-state index in [1.807, 2.05) is 6.92 Å². The van der Waals surface area contributed by atoms with Gasteiger partial charge in [-0.3, -0.25) is 4.79 Å². The lowest BCUT2D eigenvalue weighted by atomic mass is 9.94. The van der Waals surface area contributed by atoms with E-state index in [1.54, 1.807) is 0 Å². The molecule has 0 aliphatic rings. The van der Waals surface area contributed by atoms with Crippen LogP contribution in [0.3, 0.4) is 0 Å². The highest BCUT2D eigenvalue weighted by molar-refractivity contribution is 6.71. The first-order chi connectivity index (χ1) is 10.3. The average molecular weight is 329 g/mol. The number of carbonyl (C=O) groups excluding carboxylic acids is 1. The minimum atomic E-state index is -1.73. The smallest absolute Gasteiger partial charge is 0.295 e. The van der Waals surface area contributed by atoms with Gasteiger partial charge in [0.2, 0.25) is 8.32 Å². The van der Waals surface area contributed by atoms with Gasteiger partial charge in [-0.05, 0) is 32.0 Å². The minimum Gasteiger partial charge on any atom is -0.520 e. The van der Waals surface area contributed by atoms with Crippen LogP contribution in [0.5, 0.6) is 0 Å². The second kappa shape index (κ2) is 12.2. The van der Waals surface area contributed by atoms with E-state index in [0.717, 1.165) is 18.8 Å². The minimum absolute atomic E-state index is 0.0164. The van der Waals surface area contributed by atoms with Crippen molar-refractivity contribution in [1.82, 2.24) is 0 Å². The molecule has 2 nitrogen and oxygen atoms in total. The van der Waals surface area contributed by atoms with Crippen molar-refractivity contribution < 1.29 is 9.22 Å². The Balaban J connectivity index is 3.62. The summed E-state index contributed by atoms with van der Waals surface area (Å²) in [6, 6.07) is 0. The topological polar surface area (TPSA) is 26.3 Å². The van der Waals surface area contributed by atoms with E-state index < -0.39 is 8.32 Å². The highest BCUT2D eigenvalue weighted by atomic mass is 28.4. The van der Waals surface area contributed by atoms with E-state index in [9.17, 15) is 4.79 Å². The molecule has 0 fully saturated rings. The average Bonchev–Trinajstić information content (AvgIpc) is 2.40. The summed E-state index contributed by atoms with van der Waals surface area (Å²) in [6.07, 6.45) is 13.0. The summed E-state index contributed by atoms with van der Waals surface area (Å²) >= 11 is 0. The number of unbranched alkanes of at least 4 members (excludes halogenated alkanes) is 5. The SMILES string of the molecule is CCCCCCCCC(C)CCCC(C)C(=O)O[Si](C)(C)C. The fraction of sp³-hybridized carbons (Fsp3) is 0.947. The third-order valence-corrected chi connectivity index (χ3v) is 5.01. The largest absolute Gasteiger partial charge is 0.520 e. The highest BCUT2D eigenvalue weighted by Crippen LogP contribution is 2.20. The van der Waals surface area contributed by atoms with E-state index in [1.165, 1.54) is 51.4 Å². The van der Waals surface area contributed by atoms with Crippen molar-refractivity contribution >= 4 is 14.3 Å². The van der Waals surface area contributed by atoms with Gasteiger partial charge in [-0.1, -0.05) is 78.6 Å². The first-order valence-electron chi connectivity index (χ1n) is 9.49. The van der Waals surface area contributed by atoms with Crippen LogP contribution in [0, 0.1) is 11.8 Å². The summed E-state index contributed by atoms with van der Waals surface area (Å²) in [7, 11) is -1.73. The second-order valence-corrected chi connectivity index (χ2v) is 12.5. The molecule has 0 aromatic heterocycles. The van der Waals surface area contributed by atoms with Crippen LogP contribution >= 0.6 is 0 Å². The first kappa shape index (κ1) is 21.7. The lowest BCUT2D eigenvalue weighted by Crippen LogP contribution is -2.32. The van der Waals surface area contributed by atoms with Crippen LogP contribution in [-0.2, 0) is 9.22 Å². The van der Waals surface area contributed by atoms with Crippen LogP contribution in [0.4, 0.5) is 0 Å². The van der Waals surface area contributed by atoms with E-state index in [0.29, 0.717) is 0 Å². The molecule has 0 rings (SSSR count). The maximum absolute atomic E-state index is 11.9. The van der Waals surface area contributed by atoms with Crippen molar-refractivity contribution in [3.05, 3.63) is 0 Å². The Labute approximate surface area is 140 Å². The Hall–Kier alpha value is -0.313. The van der Waals surface area contributed by atoms with E-state index in [2.05, 4.69) is 33.5 Å². The molecule has 0 aliphatic carbocycles. The van der Waals surface area contributed by atoms with Crippen molar-refractivity contribution in [3.8, 4) is 0 Å². The molecule has 0 N–H and O–H groups in total. The highest BCUT2D eigenvalue weighted by Gasteiger charge is 2.23. The predicted molar refractivity (Wildman–Crippen MR) is 99.6 cm³/mol. The molecule has 2 atom stereocenters. The van der Waals surface area contributed by atoms with Crippen LogP contribution in [-0.4, -0.2) is 14.3 Å². The lowest BCUT2D eigenvalue weighted by molar-refractivity contribution is -0.139. The van der Waals surface area contributed by atoms with E-state index in [4.69, 9.17) is 4.43 Å². The Bertz CT molecular complexity index is 284. The standard InChI is InChI=1S/C19H40O2Si/c1-7-8-9-10-11-12-14-17(2)15-13-16-18(3)19(20)21-22(4,5)6/h17-18H,7-16H2,1-6H3. The maximum atomic E-state index is 11.9. The van der Waals surface area contributed by atoms with E-state index in [-0.39, 0.29) is 11.9 Å². The number of hydrogen-bond acceptors (Lipinski definition) is 2. The van der Waals surface area contributed by atoms with Gasteiger partial charge in [0.15, 0.2) is 0 Å². The van der Waals surface area contributed by atoms with Gasteiger partial charge in [-0.2, -0.15) is 0 Å². The molecule has 0 radical (unpaired) electrons. The first-order valence-corrected chi connectivity index (χ1v) is 12.9. The monoisotopic (exact) mass is 328 g/mol. The van der Waals surface area contributed by atoms with Crippen LogP contribution < -0.4 is 0 Å². The fourth-order valence-electron chi connectivity index (χ4n) is 2.71. The number of hydrogen-bond donors (Lipinski definition) is 0. The van der Waals surface area contributed by atoms with Crippen molar-refractivity contribution in [1.29, 1.82) is 0 Å². The molecule has 22 heavy (non-hydrogen) atoms. The fourth-order valence-corrected chi connectivity index (χ4v) is 3.51. The van der Waals surface area contributed by atoms with Gasteiger partial charge in [0.25, 0.3) is 5.97 Å². The molecule has 3 heteroatoms. The summed E-state index contributed by atoms with van der Waals surface area (Å²) in [4.78, 5) is 11.9. The Kier molecular flexibility index (Phi) is 12.0. The quantitative estimate of drug-likeness (QED) is 0.283. The zero-order valence-electron chi connectivity index (χ0n) is 16.0. The molecule has 0 heterocycles. The van der Waals surface area contributed by atoms with Gasteiger partial charge in [0.1, 0.15) is 0 Å². The Morgan fingerprint density at radius 3 is 2.00 bits per heavy atom. The van der Waals surface area contributed by atoms with Crippen LogP contribution in [0.1, 0.15) is 85.0 Å². The summed E-state index contributed by atoms with van der Waals surface area (Å²) in [5.41, 5.74) is 0. The lowest BCUT2D eigenvalue weighted by Gasteiger charge is -2.21. The molecular weight excluding hydrogens is 288 g/mol. The van der Waals surface area contributed by atoms with Crippen molar-refractivity contribution in [2.45, 2.75) is 105 Å². The number of carbonyl (C=O) groups is 1. The normalized spacial score (nSPS) is 14.6. The molecule has 132 valence electrons. The summed E-state index contributed by atoms with van der Waals surface area (Å²) in [6.45, 7) is 12.8. The van der Waals surface area contributed by atoms with Gasteiger partial charge in [0.05, 0.1) is 5.92 Å². The zero-order valence-corrected chi connectivity index (χ0v) is 17.0. The molecule has 0 aliphatic heterocycles. The summed E-state index contributed by atoms with van der Waals surface area (Å²) in [5, 5.41) is 0. The summed E-state index contributed by atoms with van der Waals surface area (Å²) in [5.74, 6) is 0.877. The molecule has 2 unspecified atom stereocenters. The van der Waals surface area contributed by atoms with Crippen LogP contribution in [0.15, 0.2) is 0 Å². The van der Waals surface area contributed by atoms with Crippen LogP contribution in [0.2, 0.25) is 19.6 Å². The van der Waals surface area contributed by atoms with Gasteiger partial charge in [-0.15, -0.1) is 0 Å². The van der Waals surface area contributed by atoms with Crippen molar-refractivity contribution in [2.75, 3.05) is 0 Å². The van der Waals surface area contributed by atoms with Crippen molar-refractivity contribution in [2.24, 2.45) is 11.8 Å². The predicted octanol–water partition coefficient (Wildman–Crippen LogP) is 6.56. The Morgan fingerprint density at radius 2 is 1.41 bits per heavy atom. The third kappa shape index (κ3) is 13.4. The molecular formula is C19H40O2Si. The van der Waals surface area contributed by atoms with Gasteiger partial charge in [-0.25, -0.2) is 0 Å². The zero-order chi connectivity index (χ0) is 17.0. The third-order valence-electron chi connectivity index (χ3n) is 4.19. The summed E-state index contributed by atoms with van der Waals surface area (Å²) < 4.78 is 5.57. The van der Waals surface area contributed by atoms with E-state index >= 15 is 0 Å². The molecule has 0 spiro atoms. The van der Waals surface area contributed by atoms with Gasteiger partial charge < -0.3 is 4.43 Å². The van der Waals surface area contributed by atoms with Gasteiger partial charge in [0, 0.05) is 0 Å². The van der Waals surface area contributed by atoms with Crippen LogP contribution in [0.25, 0.3) is 0 Å². The maximum Gasteiger partial charge on any atom is 0.295 e. The number of rotatable bonds is 13. The molecule has 0 amide bonds. The second-order valence-electron chi connectivity index (χ2n) is 8.03. The molecule has 0 aromatic rings.